The van der Waals surface area contributed by atoms with Gasteiger partial charge in [-0.25, -0.2) is 0 Å². The predicted molar refractivity (Wildman–Crippen MR) is 100 cm³/mol. The van der Waals surface area contributed by atoms with Gasteiger partial charge in [-0.2, -0.15) is 18.3 Å². The highest BCUT2D eigenvalue weighted by Crippen LogP contribution is 2.31. The fourth-order valence-corrected chi connectivity index (χ4v) is 3.87. The molecule has 0 spiro atoms. The number of alkyl halides is 3. The highest BCUT2D eigenvalue weighted by Gasteiger charge is 2.30. The van der Waals surface area contributed by atoms with E-state index in [1.165, 1.54) is 0 Å². The van der Waals surface area contributed by atoms with Gasteiger partial charge in [0.1, 0.15) is 12.4 Å². The molecule has 1 N–H and O–H groups in total. The van der Waals surface area contributed by atoms with Crippen molar-refractivity contribution in [1.29, 1.82) is 0 Å². The summed E-state index contributed by atoms with van der Waals surface area (Å²) in [5.74, 6) is 0.386. The first kappa shape index (κ1) is 20.0. The van der Waals surface area contributed by atoms with Crippen LogP contribution in [0, 0.1) is 0 Å². The lowest BCUT2D eigenvalue weighted by molar-refractivity contribution is -0.138. The number of ether oxygens (including phenoxy) is 1. The lowest BCUT2D eigenvalue weighted by Gasteiger charge is -2.27. The van der Waals surface area contributed by atoms with E-state index < -0.39 is 12.6 Å². The smallest absolute Gasteiger partial charge is 0.390 e. The third-order valence-corrected chi connectivity index (χ3v) is 5.48. The van der Waals surface area contributed by atoms with E-state index in [0.29, 0.717) is 37.7 Å². The van der Waals surface area contributed by atoms with Crippen LogP contribution >= 0.6 is 11.6 Å². The maximum Gasteiger partial charge on any atom is 0.390 e. The van der Waals surface area contributed by atoms with Gasteiger partial charge >= 0.3 is 6.18 Å². The average molecular weight is 429 g/mol. The van der Waals surface area contributed by atoms with Crippen molar-refractivity contribution in [2.75, 3.05) is 19.7 Å². The number of fused-ring (bicyclic) bond motifs is 2. The molecule has 0 bridgehead atoms. The summed E-state index contributed by atoms with van der Waals surface area (Å²) in [6.07, 6.45) is -4.47. The quantitative estimate of drug-likeness (QED) is 0.813. The Morgan fingerprint density at radius 2 is 2.17 bits per heavy atom. The molecule has 10 heteroatoms. The molecule has 6 nitrogen and oxygen atoms in total. The van der Waals surface area contributed by atoms with Gasteiger partial charge in [0, 0.05) is 36.6 Å². The molecule has 2 aliphatic rings. The molecule has 1 aromatic heterocycles. The van der Waals surface area contributed by atoms with Crippen molar-refractivity contribution in [3.8, 4) is 5.75 Å². The summed E-state index contributed by atoms with van der Waals surface area (Å²) in [6.45, 7) is 1.53. The van der Waals surface area contributed by atoms with E-state index in [0.717, 1.165) is 17.0 Å². The number of hydrogen-bond donors (Lipinski definition) is 1. The molecule has 156 valence electrons. The highest BCUT2D eigenvalue weighted by atomic mass is 35.5. The SMILES string of the molecule is O=C(NC1COc2cccc(Cl)c2C1)c1cc2n(n1)CCN(CCC(F)(F)F)C2. The summed E-state index contributed by atoms with van der Waals surface area (Å²) in [6, 6.07) is 6.83. The predicted octanol–water partition coefficient (Wildman–Crippen LogP) is 3.04. The van der Waals surface area contributed by atoms with Crippen LogP contribution in [0.5, 0.6) is 5.75 Å². The van der Waals surface area contributed by atoms with Gasteiger partial charge in [-0.3, -0.25) is 14.4 Å². The molecule has 1 atom stereocenters. The largest absolute Gasteiger partial charge is 0.491 e. The van der Waals surface area contributed by atoms with Gasteiger partial charge in [0.15, 0.2) is 5.69 Å². The van der Waals surface area contributed by atoms with Gasteiger partial charge in [0.05, 0.1) is 24.7 Å². The third-order valence-electron chi connectivity index (χ3n) is 5.12. The molecule has 1 amide bonds. The molecule has 1 aromatic carbocycles. The number of rotatable bonds is 4. The molecule has 29 heavy (non-hydrogen) atoms. The van der Waals surface area contributed by atoms with Crippen LogP contribution in [0.4, 0.5) is 13.2 Å². The van der Waals surface area contributed by atoms with Gasteiger partial charge in [-0.1, -0.05) is 17.7 Å². The Hall–Kier alpha value is -2.26. The summed E-state index contributed by atoms with van der Waals surface area (Å²) in [4.78, 5) is 14.4. The lowest BCUT2D eigenvalue weighted by Crippen LogP contribution is -2.43. The van der Waals surface area contributed by atoms with E-state index in [4.69, 9.17) is 16.3 Å². The molecule has 3 heterocycles. The van der Waals surface area contributed by atoms with Crippen LogP contribution in [0.25, 0.3) is 0 Å². The first-order valence-corrected chi connectivity index (χ1v) is 9.73. The van der Waals surface area contributed by atoms with E-state index in [1.54, 1.807) is 21.7 Å². The molecule has 2 aromatic rings. The lowest BCUT2D eigenvalue weighted by atomic mass is 10.0. The zero-order valence-corrected chi connectivity index (χ0v) is 16.3. The minimum atomic E-state index is -4.17. The molecule has 0 saturated carbocycles. The van der Waals surface area contributed by atoms with Crippen LogP contribution in [0.3, 0.4) is 0 Å². The molecule has 4 rings (SSSR count). The van der Waals surface area contributed by atoms with Crippen molar-refractivity contribution in [1.82, 2.24) is 20.0 Å². The van der Waals surface area contributed by atoms with Crippen molar-refractivity contribution < 1.29 is 22.7 Å². The number of amides is 1. The number of benzene rings is 1. The average Bonchev–Trinajstić information content (AvgIpc) is 3.10. The maximum atomic E-state index is 12.6. The number of carbonyl (C=O) groups is 1. The zero-order chi connectivity index (χ0) is 20.6. The Morgan fingerprint density at radius 1 is 1.34 bits per heavy atom. The Kier molecular flexibility index (Phi) is 5.44. The number of hydrogen-bond acceptors (Lipinski definition) is 4. The van der Waals surface area contributed by atoms with E-state index in [2.05, 4.69) is 10.4 Å². The van der Waals surface area contributed by atoms with Gasteiger partial charge in [0.25, 0.3) is 5.91 Å². The van der Waals surface area contributed by atoms with Crippen molar-refractivity contribution >= 4 is 17.5 Å². The molecule has 1 unspecified atom stereocenters. The summed E-state index contributed by atoms with van der Waals surface area (Å²) in [5.41, 5.74) is 1.84. The Morgan fingerprint density at radius 3 is 2.97 bits per heavy atom. The molecule has 0 fully saturated rings. The summed E-state index contributed by atoms with van der Waals surface area (Å²) < 4.78 is 44.7. The van der Waals surface area contributed by atoms with Crippen LogP contribution in [-0.2, 0) is 19.5 Å². The molecular formula is C19H20ClF3N4O2. The molecular weight excluding hydrogens is 409 g/mol. The summed E-state index contributed by atoms with van der Waals surface area (Å²) >= 11 is 6.21. The fourth-order valence-electron chi connectivity index (χ4n) is 3.63. The van der Waals surface area contributed by atoms with Crippen LogP contribution in [0.2, 0.25) is 5.02 Å². The minimum Gasteiger partial charge on any atom is -0.491 e. The standard InChI is InChI=1S/C19H20ClF3N4O2/c20-15-2-1-3-17-14(15)8-12(11-29-17)24-18(28)16-9-13-10-26(5-4-19(21,22)23)6-7-27(13)25-16/h1-3,9,12H,4-8,10-11H2,(H,24,28). The second kappa shape index (κ2) is 7.87. The number of halogens is 4. The number of aromatic nitrogens is 2. The summed E-state index contributed by atoms with van der Waals surface area (Å²) in [7, 11) is 0. The monoisotopic (exact) mass is 428 g/mol. The third kappa shape index (κ3) is 4.67. The highest BCUT2D eigenvalue weighted by molar-refractivity contribution is 6.31. The van der Waals surface area contributed by atoms with Crippen molar-refractivity contribution in [2.24, 2.45) is 0 Å². The van der Waals surface area contributed by atoms with Crippen molar-refractivity contribution in [3.63, 3.8) is 0 Å². The van der Waals surface area contributed by atoms with Crippen LogP contribution in [0.1, 0.15) is 28.2 Å². The first-order valence-electron chi connectivity index (χ1n) is 9.35. The minimum absolute atomic E-state index is 0.0597. The zero-order valence-electron chi connectivity index (χ0n) is 15.5. The summed E-state index contributed by atoms with van der Waals surface area (Å²) in [5, 5.41) is 7.81. The fraction of sp³-hybridized carbons (Fsp3) is 0.474. The number of carbonyl (C=O) groups excluding carboxylic acids is 1. The van der Waals surface area contributed by atoms with E-state index >= 15 is 0 Å². The normalized spacial score (nSPS) is 19.2. The van der Waals surface area contributed by atoms with Gasteiger partial charge in [0.2, 0.25) is 0 Å². The second-order valence-electron chi connectivity index (χ2n) is 7.29. The first-order chi connectivity index (χ1) is 13.8. The Labute approximate surface area is 170 Å². The van der Waals surface area contributed by atoms with Crippen LogP contribution in [-0.4, -0.2) is 52.5 Å². The van der Waals surface area contributed by atoms with Gasteiger partial charge < -0.3 is 10.1 Å². The Balaban J connectivity index is 1.37. The van der Waals surface area contributed by atoms with Crippen LogP contribution in [0.15, 0.2) is 24.3 Å². The molecule has 0 saturated heterocycles. The van der Waals surface area contributed by atoms with E-state index in [9.17, 15) is 18.0 Å². The molecule has 0 aliphatic carbocycles. The molecule has 2 aliphatic heterocycles. The molecule has 0 radical (unpaired) electrons. The van der Waals surface area contributed by atoms with E-state index in [1.807, 2.05) is 12.1 Å². The topological polar surface area (TPSA) is 59.4 Å². The van der Waals surface area contributed by atoms with Crippen molar-refractivity contribution in [2.45, 2.75) is 38.1 Å². The number of nitrogens with zero attached hydrogens (tertiary/aromatic N) is 3. The number of nitrogens with one attached hydrogen (secondary N) is 1. The Bertz CT molecular complexity index is 915. The van der Waals surface area contributed by atoms with Gasteiger partial charge in [-0.15, -0.1) is 0 Å². The second-order valence-corrected chi connectivity index (χ2v) is 7.69. The van der Waals surface area contributed by atoms with E-state index in [-0.39, 0.29) is 24.2 Å². The van der Waals surface area contributed by atoms with Crippen molar-refractivity contribution in [3.05, 3.63) is 46.2 Å². The van der Waals surface area contributed by atoms with Gasteiger partial charge in [-0.05, 0) is 18.2 Å². The van der Waals surface area contributed by atoms with Crippen LogP contribution < -0.4 is 10.1 Å². The maximum absolute atomic E-state index is 12.6.